The molecule has 2 N–H and O–H groups in total. The summed E-state index contributed by atoms with van der Waals surface area (Å²) in [7, 11) is 0. The number of H-pyrrole nitrogens is 1. The number of hydrogen-bond donors (Lipinski definition) is 2. The summed E-state index contributed by atoms with van der Waals surface area (Å²) in [5.74, 6) is 0.621. The molecule has 2 heterocycles. The van der Waals surface area contributed by atoms with Crippen LogP contribution in [0.15, 0.2) is 64.2 Å². The van der Waals surface area contributed by atoms with E-state index in [1.54, 1.807) is 42.6 Å². The van der Waals surface area contributed by atoms with E-state index in [9.17, 15) is 14.9 Å². The van der Waals surface area contributed by atoms with Gasteiger partial charge in [0.05, 0.1) is 11.1 Å². The third-order valence-electron chi connectivity index (χ3n) is 3.19. The first-order valence-electron chi connectivity index (χ1n) is 6.95. The van der Waals surface area contributed by atoms with Crippen molar-refractivity contribution in [2.45, 2.75) is 0 Å². The maximum absolute atomic E-state index is 11.7. The van der Waals surface area contributed by atoms with Gasteiger partial charge in [-0.2, -0.15) is 5.10 Å². The number of carbonyl (C=O) groups excluding carboxylic acids is 1. The average molecular weight is 324 g/mol. The molecular formula is C16H12N4O4. The van der Waals surface area contributed by atoms with Crippen molar-refractivity contribution >= 4 is 17.8 Å². The Balaban J connectivity index is 1.66. The van der Waals surface area contributed by atoms with Gasteiger partial charge in [-0.25, -0.2) is 5.43 Å². The van der Waals surface area contributed by atoms with Crippen molar-refractivity contribution in [1.82, 2.24) is 10.4 Å². The summed E-state index contributed by atoms with van der Waals surface area (Å²) in [6.07, 6.45) is 3.01. The number of rotatable bonds is 5. The molecule has 0 saturated heterocycles. The van der Waals surface area contributed by atoms with Crippen LogP contribution in [0.1, 0.15) is 16.2 Å². The van der Waals surface area contributed by atoms with Gasteiger partial charge >= 0.3 is 0 Å². The van der Waals surface area contributed by atoms with Crippen molar-refractivity contribution in [2.24, 2.45) is 5.10 Å². The highest BCUT2D eigenvalue weighted by atomic mass is 16.6. The smallest absolute Gasteiger partial charge is 0.287 e. The molecule has 3 aromatic rings. The molecule has 0 bridgehead atoms. The van der Waals surface area contributed by atoms with E-state index in [1.807, 2.05) is 0 Å². The zero-order valence-electron chi connectivity index (χ0n) is 12.3. The number of nitro benzene ring substituents is 1. The number of furan rings is 1. The van der Waals surface area contributed by atoms with E-state index < -0.39 is 4.92 Å². The maximum Gasteiger partial charge on any atom is 0.287 e. The minimum atomic E-state index is -0.461. The van der Waals surface area contributed by atoms with Crippen molar-refractivity contribution in [3.63, 3.8) is 0 Å². The lowest BCUT2D eigenvalue weighted by Crippen LogP contribution is -2.17. The van der Waals surface area contributed by atoms with E-state index in [2.05, 4.69) is 15.5 Å². The number of hydrogen-bond acceptors (Lipinski definition) is 5. The van der Waals surface area contributed by atoms with Gasteiger partial charge in [0.25, 0.3) is 11.6 Å². The molecular weight excluding hydrogens is 312 g/mol. The molecule has 0 unspecified atom stereocenters. The Labute approximate surface area is 136 Å². The van der Waals surface area contributed by atoms with Gasteiger partial charge in [-0.3, -0.25) is 14.9 Å². The Morgan fingerprint density at radius 2 is 2.00 bits per heavy atom. The van der Waals surface area contributed by atoms with Gasteiger partial charge in [0, 0.05) is 23.9 Å². The molecule has 8 nitrogen and oxygen atoms in total. The van der Waals surface area contributed by atoms with E-state index in [1.165, 1.54) is 18.3 Å². The van der Waals surface area contributed by atoms with Crippen LogP contribution >= 0.6 is 0 Å². The molecule has 0 saturated carbocycles. The fraction of sp³-hybridized carbons (Fsp3) is 0. The van der Waals surface area contributed by atoms with E-state index >= 15 is 0 Å². The first-order chi connectivity index (χ1) is 11.6. The molecule has 0 aliphatic heterocycles. The highest BCUT2D eigenvalue weighted by Gasteiger charge is 2.08. The summed E-state index contributed by atoms with van der Waals surface area (Å²) in [4.78, 5) is 24.6. The van der Waals surface area contributed by atoms with Crippen LogP contribution in [0.5, 0.6) is 0 Å². The van der Waals surface area contributed by atoms with Gasteiger partial charge in [0.1, 0.15) is 17.2 Å². The molecule has 2 aromatic heterocycles. The number of hydrazone groups is 1. The van der Waals surface area contributed by atoms with E-state index in [0.29, 0.717) is 22.8 Å². The molecule has 0 fully saturated rings. The second-order valence-electron chi connectivity index (χ2n) is 4.79. The van der Waals surface area contributed by atoms with Crippen molar-refractivity contribution in [3.8, 4) is 11.3 Å². The summed E-state index contributed by atoms with van der Waals surface area (Å²) in [6.45, 7) is 0. The molecule has 24 heavy (non-hydrogen) atoms. The molecule has 0 spiro atoms. The quantitative estimate of drug-likeness (QED) is 0.426. The predicted molar refractivity (Wildman–Crippen MR) is 86.7 cm³/mol. The fourth-order valence-electron chi connectivity index (χ4n) is 2.01. The van der Waals surface area contributed by atoms with Crippen LogP contribution in [0, 0.1) is 10.1 Å². The highest BCUT2D eigenvalue weighted by Crippen LogP contribution is 2.23. The molecule has 0 atom stereocenters. The zero-order chi connectivity index (χ0) is 16.9. The van der Waals surface area contributed by atoms with Crippen LogP contribution < -0.4 is 5.43 Å². The lowest BCUT2D eigenvalue weighted by Gasteiger charge is -1.97. The maximum atomic E-state index is 11.7. The number of nitro groups is 1. The molecule has 1 aromatic carbocycles. The summed E-state index contributed by atoms with van der Waals surface area (Å²) in [6, 6.07) is 12.8. The van der Waals surface area contributed by atoms with Gasteiger partial charge < -0.3 is 9.40 Å². The SMILES string of the molecule is O=C(NN=Cc1ccc(-c2ccc([N+](=O)[O-])cc2)o1)c1ccc[nH]1. The lowest BCUT2D eigenvalue weighted by molar-refractivity contribution is -0.384. The number of amides is 1. The van der Waals surface area contributed by atoms with Crippen LogP contribution in [-0.4, -0.2) is 22.0 Å². The van der Waals surface area contributed by atoms with Crippen LogP contribution in [0.4, 0.5) is 5.69 Å². The van der Waals surface area contributed by atoms with Gasteiger partial charge in [0.15, 0.2) is 0 Å². The molecule has 8 heteroatoms. The Bertz CT molecular complexity index is 879. The van der Waals surface area contributed by atoms with Crippen LogP contribution in [0.25, 0.3) is 11.3 Å². The molecule has 120 valence electrons. The predicted octanol–water partition coefficient (Wildman–Crippen LogP) is 2.95. The molecule has 1 amide bonds. The summed E-state index contributed by atoms with van der Waals surface area (Å²) in [5, 5.41) is 14.5. The third kappa shape index (κ3) is 3.38. The van der Waals surface area contributed by atoms with Crippen molar-refractivity contribution in [1.29, 1.82) is 0 Å². The zero-order valence-corrected chi connectivity index (χ0v) is 12.3. The number of non-ortho nitro benzene ring substituents is 1. The summed E-state index contributed by atoms with van der Waals surface area (Å²) >= 11 is 0. The first-order valence-corrected chi connectivity index (χ1v) is 6.95. The Morgan fingerprint density at radius 3 is 2.67 bits per heavy atom. The van der Waals surface area contributed by atoms with Crippen molar-refractivity contribution < 1.29 is 14.1 Å². The van der Waals surface area contributed by atoms with Crippen molar-refractivity contribution in [2.75, 3.05) is 0 Å². The lowest BCUT2D eigenvalue weighted by atomic mass is 10.1. The second kappa shape index (κ2) is 6.61. The highest BCUT2D eigenvalue weighted by molar-refractivity contribution is 5.93. The second-order valence-corrected chi connectivity index (χ2v) is 4.79. The standard InChI is InChI=1S/C16H12N4O4/c21-16(14-2-1-9-17-14)19-18-10-13-7-8-15(24-13)11-3-5-12(6-4-11)20(22)23/h1-10,17H,(H,19,21). The van der Waals surface area contributed by atoms with Gasteiger partial charge in [0.2, 0.25) is 0 Å². The van der Waals surface area contributed by atoms with Gasteiger partial charge in [-0.15, -0.1) is 0 Å². The van der Waals surface area contributed by atoms with Gasteiger partial charge in [-0.1, -0.05) is 0 Å². The monoisotopic (exact) mass is 324 g/mol. The average Bonchev–Trinajstić information content (AvgIpc) is 3.27. The minimum absolute atomic E-state index is 0.0131. The Kier molecular flexibility index (Phi) is 4.19. The van der Waals surface area contributed by atoms with Crippen molar-refractivity contribution in [3.05, 3.63) is 76.3 Å². The van der Waals surface area contributed by atoms with E-state index in [-0.39, 0.29) is 11.6 Å². The molecule has 0 radical (unpaired) electrons. The van der Waals surface area contributed by atoms with Gasteiger partial charge in [-0.05, 0) is 36.4 Å². The summed E-state index contributed by atoms with van der Waals surface area (Å²) < 4.78 is 5.56. The number of benzene rings is 1. The molecule has 0 aliphatic carbocycles. The third-order valence-corrected chi connectivity index (χ3v) is 3.19. The topological polar surface area (TPSA) is 114 Å². The van der Waals surface area contributed by atoms with E-state index in [0.717, 1.165) is 0 Å². The van der Waals surface area contributed by atoms with Crippen LogP contribution in [0.2, 0.25) is 0 Å². The molecule has 3 rings (SSSR count). The van der Waals surface area contributed by atoms with Crippen LogP contribution in [0.3, 0.4) is 0 Å². The van der Waals surface area contributed by atoms with Crippen LogP contribution in [-0.2, 0) is 0 Å². The number of aromatic amines is 1. The number of nitrogens with one attached hydrogen (secondary N) is 2. The summed E-state index contributed by atoms with van der Waals surface area (Å²) in [5.41, 5.74) is 3.49. The normalized spacial score (nSPS) is 10.8. The number of nitrogens with zero attached hydrogens (tertiary/aromatic N) is 2. The largest absolute Gasteiger partial charge is 0.455 e. The number of carbonyl (C=O) groups is 1. The fourth-order valence-corrected chi connectivity index (χ4v) is 2.01. The molecule has 0 aliphatic rings. The Morgan fingerprint density at radius 1 is 1.21 bits per heavy atom. The Hall–Kier alpha value is -3.68. The number of aromatic nitrogens is 1. The minimum Gasteiger partial charge on any atom is -0.455 e. The first kappa shape index (κ1) is 15.2. The van der Waals surface area contributed by atoms with E-state index in [4.69, 9.17) is 4.42 Å².